The Morgan fingerprint density at radius 2 is 2.05 bits per heavy atom. The Morgan fingerprint density at radius 1 is 1.36 bits per heavy atom. The lowest BCUT2D eigenvalue weighted by Crippen LogP contribution is -2.38. The zero-order valence-electron chi connectivity index (χ0n) is 14.0. The van der Waals surface area contributed by atoms with E-state index in [-0.39, 0.29) is 17.9 Å². The molecule has 1 heterocycles. The Hall–Kier alpha value is -1.29. The van der Waals surface area contributed by atoms with Crippen LogP contribution in [-0.4, -0.2) is 28.7 Å². The van der Waals surface area contributed by atoms with E-state index in [2.05, 4.69) is 23.7 Å². The maximum absolute atomic E-state index is 12.6. The number of aliphatic hydroxyl groups excluding tert-OH is 1. The SMILES string of the molecule is CCC(CC)(CCO)CNC(=O)c1cccn1C1CCCC1. The molecule has 1 aromatic heterocycles. The third-order valence-corrected chi connectivity index (χ3v) is 5.50. The van der Waals surface area contributed by atoms with Gasteiger partial charge in [-0.25, -0.2) is 0 Å². The van der Waals surface area contributed by atoms with Gasteiger partial charge in [0, 0.05) is 25.4 Å². The molecule has 2 rings (SSSR count). The normalized spacial score (nSPS) is 16.1. The van der Waals surface area contributed by atoms with Crippen LogP contribution in [0.3, 0.4) is 0 Å². The molecular formula is C18H30N2O2. The highest BCUT2D eigenvalue weighted by Crippen LogP contribution is 2.31. The molecule has 1 aliphatic carbocycles. The lowest BCUT2D eigenvalue weighted by atomic mass is 9.79. The minimum Gasteiger partial charge on any atom is -0.396 e. The molecule has 0 radical (unpaired) electrons. The quantitative estimate of drug-likeness (QED) is 0.772. The Balaban J connectivity index is 2.01. The maximum atomic E-state index is 12.6. The number of aromatic nitrogens is 1. The number of nitrogens with one attached hydrogen (secondary N) is 1. The first-order chi connectivity index (χ1) is 10.7. The Kier molecular flexibility index (Phi) is 6.07. The summed E-state index contributed by atoms with van der Waals surface area (Å²) >= 11 is 0. The minimum atomic E-state index is 0.00912. The molecule has 4 nitrogen and oxygen atoms in total. The summed E-state index contributed by atoms with van der Waals surface area (Å²) in [6.45, 7) is 5.07. The van der Waals surface area contributed by atoms with Gasteiger partial charge in [-0.1, -0.05) is 26.7 Å². The Bertz CT molecular complexity index is 471. The van der Waals surface area contributed by atoms with Gasteiger partial charge in [0.2, 0.25) is 0 Å². The van der Waals surface area contributed by atoms with Crippen molar-refractivity contribution in [1.82, 2.24) is 9.88 Å². The summed E-state index contributed by atoms with van der Waals surface area (Å²) in [5.41, 5.74) is 0.784. The molecule has 0 aromatic carbocycles. The standard InChI is InChI=1S/C18H30N2O2/c1-3-18(4-2,11-13-21)14-19-17(22)16-10-7-12-20(16)15-8-5-6-9-15/h7,10,12,15,21H,3-6,8-9,11,13-14H2,1-2H3,(H,19,22). The summed E-state index contributed by atoms with van der Waals surface area (Å²) in [5.74, 6) is 0.0149. The first-order valence-corrected chi connectivity index (χ1v) is 8.71. The van der Waals surface area contributed by atoms with Gasteiger partial charge in [0.05, 0.1) is 0 Å². The summed E-state index contributed by atoms with van der Waals surface area (Å²) in [4.78, 5) is 12.6. The lowest BCUT2D eigenvalue weighted by molar-refractivity contribution is 0.0896. The highest BCUT2D eigenvalue weighted by Gasteiger charge is 2.27. The molecule has 124 valence electrons. The van der Waals surface area contributed by atoms with Crippen molar-refractivity contribution in [2.24, 2.45) is 5.41 Å². The number of carbonyl (C=O) groups is 1. The summed E-state index contributed by atoms with van der Waals surface area (Å²) in [6, 6.07) is 4.36. The second-order valence-electron chi connectivity index (χ2n) is 6.60. The Morgan fingerprint density at radius 3 is 2.64 bits per heavy atom. The van der Waals surface area contributed by atoms with Crippen molar-refractivity contribution in [2.75, 3.05) is 13.2 Å². The molecule has 4 heteroatoms. The van der Waals surface area contributed by atoms with Crippen LogP contribution in [-0.2, 0) is 0 Å². The van der Waals surface area contributed by atoms with Crippen LogP contribution >= 0.6 is 0 Å². The number of aliphatic hydroxyl groups is 1. The molecule has 0 aliphatic heterocycles. The van der Waals surface area contributed by atoms with E-state index < -0.39 is 0 Å². The summed E-state index contributed by atoms with van der Waals surface area (Å²) in [5, 5.41) is 12.4. The molecule has 1 aliphatic rings. The van der Waals surface area contributed by atoms with Crippen molar-refractivity contribution in [3.63, 3.8) is 0 Å². The monoisotopic (exact) mass is 306 g/mol. The van der Waals surface area contributed by atoms with Crippen LogP contribution in [0.1, 0.15) is 75.3 Å². The van der Waals surface area contributed by atoms with E-state index in [4.69, 9.17) is 0 Å². The molecule has 0 unspecified atom stereocenters. The highest BCUT2D eigenvalue weighted by atomic mass is 16.3. The van der Waals surface area contributed by atoms with Crippen LogP contribution in [0.2, 0.25) is 0 Å². The zero-order valence-corrected chi connectivity index (χ0v) is 14.0. The maximum Gasteiger partial charge on any atom is 0.267 e. The summed E-state index contributed by atoms with van der Waals surface area (Å²) in [6.07, 6.45) is 9.57. The number of nitrogens with zero attached hydrogens (tertiary/aromatic N) is 1. The molecular weight excluding hydrogens is 276 g/mol. The average molecular weight is 306 g/mol. The van der Waals surface area contributed by atoms with Crippen molar-refractivity contribution in [3.05, 3.63) is 24.0 Å². The third kappa shape index (κ3) is 3.72. The van der Waals surface area contributed by atoms with Gasteiger partial charge in [0.1, 0.15) is 5.69 Å². The van der Waals surface area contributed by atoms with Crippen molar-refractivity contribution in [3.8, 4) is 0 Å². The predicted molar refractivity (Wildman–Crippen MR) is 89.0 cm³/mol. The largest absolute Gasteiger partial charge is 0.396 e. The molecule has 1 fully saturated rings. The van der Waals surface area contributed by atoms with E-state index in [1.54, 1.807) is 0 Å². The van der Waals surface area contributed by atoms with E-state index in [0.29, 0.717) is 12.6 Å². The lowest BCUT2D eigenvalue weighted by Gasteiger charge is -2.31. The Labute approximate surface area is 133 Å². The number of rotatable bonds is 8. The molecule has 1 aromatic rings. The van der Waals surface area contributed by atoms with Gasteiger partial charge in [-0.3, -0.25) is 4.79 Å². The molecule has 1 amide bonds. The van der Waals surface area contributed by atoms with Gasteiger partial charge in [-0.2, -0.15) is 0 Å². The molecule has 1 saturated carbocycles. The van der Waals surface area contributed by atoms with Crippen LogP contribution in [0.15, 0.2) is 18.3 Å². The average Bonchev–Trinajstić information content (AvgIpc) is 3.21. The first-order valence-electron chi connectivity index (χ1n) is 8.71. The van der Waals surface area contributed by atoms with Crippen molar-refractivity contribution >= 4 is 5.91 Å². The number of hydrogen-bond donors (Lipinski definition) is 2. The van der Waals surface area contributed by atoms with Crippen LogP contribution in [0.5, 0.6) is 0 Å². The topological polar surface area (TPSA) is 54.3 Å². The van der Waals surface area contributed by atoms with E-state index in [9.17, 15) is 9.90 Å². The van der Waals surface area contributed by atoms with Crippen molar-refractivity contribution in [1.29, 1.82) is 0 Å². The molecule has 0 spiro atoms. The van der Waals surface area contributed by atoms with Gasteiger partial charge in [0.15, 0.2) is 0 Å². The van der Waals surface area contributed by atoms with Crippen molar-refractivity contribution in [2.45, 2.75) is 64.8 Å². The molecule has 0 saturated heterocycles. The van der Waals surface area contributed by atoms with Gasteiger partial charge in [-0.15, -0.1) is 0 Å². The molecule has 0 atom stereocenters. The first kappa shape index (κ1) is 17.1. The van der Waals surface area contributed by atoms with E-state index in [1.165, 1.54) is 25.7 Å². The second-order valence-corrected chi connectivity index (χ2v) is 6.60. The molecule has 2 N–H and O–H groups in total. The molecule has 0 bridgehead atoms. The minimum absolute atomic E-state index is 0.00912. The second kappa shape index (κ2) is 7.82. The van der Waals surface area contributed by atoms with Crippen molar-refractivity contribution < 1.29 is 9.90 Å². The van der Waals surface area contributed by atoms with Crippen LogP contribution in [0.4, 0.5) is 0 Å². The van der Waals surface area contributed by atoms with E-state index in [0.717, 1.165) is 25.0 Å². The fourth-order valence-corrected chi connectivity index (χ4v) is 3.62. The van der Waals surface area contributed by atoms with Gasteiger partial charge < -0.3 is 15.0 Å². The van der Waals surface area contributed by atoms with Gasteiger partial charge in [-0.05, 0) is 49.7 Å². The van der Waals surface area contributed by atoms with Gasteiger partial charge in [0.25, 0.3) is 5.91 Å². The smallest absolute Gasteiger partial charge is 0.267 e. The third-order valence-electron chi connectivity index (χ3n) is 5.50. The van der Waals surface area contributed by atoms with Crippen LogP contribution in [0.25, 0.3) is 0 Å². The van der Waals surface area contributed by atoms with E-state index in [1.807, 2.05) is 18.3 Å². The predicted octanol–water partition coefficient (Wildman–Crippen LogP) is 3.52. The highest BCUT2D eigenvalue weighted by molar-refractivity contribution is 5.92. The summed E-state index contributed by atoms with van der Waals surface area (Å²) in [7, 11) is 0. The molecule has 22 heavy (non-hydrogen) atoms. The summed E-state index contributed by atoms with van der Waals surface area (Å²) < 4.78 is 2.15. The fraction of sp³-hybridized carbons (Fsp3) is 0.722. The number of amides is 1. The fourth-order valence-electron chi connectivity index (χ4n) is 3.62. The number of carbonyl (C=O) groups excluding carboxylic acids is 1. The van der Waals surface area contributed by atoms with Gasteiger partial charge >= 0.3 is 0 Å². The van der Waals surface area contributed by atoms with E-state index >= 15 is 0 Å². The van der Waals surface area contributed by atoms with Crippen LogP contribution < -0.4 is 5.32 Å². The van der Waals surface area contributed by atoms with Crippen LogP contribution in [0, 0.1) is 5.41 Å². The zero-order chi connectivity index (χ0) is 16.0. The number of hydrogen-bond acceptors (Lipinski definition) is 2.